The molecular weight excluding hydrogens is 370 g/mol. The van der Waals surface area contributed by atoms with Crippen LogP contribution in [-0.2, 0) is 29.0 Å². The van der Waals surface area contributed by atoms with E-state index in [2.05, 4.69) is 10.3 Å². The molecule has 1 amide bonds. The fraction of sp³-hybridized carbons (Fsp3) is 0.273. The summed E-state index contributed by atoms with van der Waals surface area (Å²) in [7, 11) is 0. The molecule has 0 unspecified atom stereocenters. The van der Waals surface area contributed by atoms with Crippen molar-refractivity contribution >= 4 is 22.8 Å². The topological polar surface area (TPSA) is 90.3 Å². The normalized spacial score (nSPS) is 12.6. The summed E-state index contributed by atoms with van der Waals surface area (Å²) in [6.07, 6.45) is 1.64. The third-order valence-electron chi connectivity index (χ3n) is 5.12. The number of nitrogens with zero attached hydrogens (tertiary/aromatic N) is 2. The van der Waals surface area contributed by atoms with Crippen LogP contribution in [0.3, 0.4) is 0 Å². The Kier molecular flexibility index (Phi) is 5.12. The zero-order valence-corrected chi connectivity index (χ0v) is 16.1. The Morgan fingerprint density at radius 2 is 2.03 bits per heavy atom. The number of aromatic nitrogens is 2. The average Bonchev–Trinajstić information content (AvgIpc) is 3.20. The Balaban J connectivity index is 1.40. The van der Waals surface area contributed by atoms with Crippen LogP contribution in [0.1, 0.15) is 33.7 Å². The maximum atomic E-state index is 12.5. The summed E-state index contributed by atoms with van der Waals surface area (Å²) in [6.45, 7) is 2.65. The van der Waals surface area contributed by atoms with E-state index in [4.69, 9.17) is 4.74 Å². The number of hydrogen-bond acceptors (Lipinski definition) is 5. The van der Waals surface area contributed by atoms with Crippen molar-refractivity contribution in [2.75, 3.05) is 6.61 Å². The molecule has 0 fully saturated rings. The molecule has 0 spiro atoms. The van der Waals surface area contributed by atoms with Gasteiger partial charge in [0.2, 0.25) is 0 Å². The highest BCUT2D eigenvalue weighted by Gasteiger charge is 2.18. The third kappa shape index (κ3) is 3.89. The van der Waals surface area contributed by atoms with Crippen LogP contribution in [0, 0.1) is 6.92 Å². The largest absolute Gasteiger partial charge is 0.452 e. The van der Waals surface area contributed by atoms with Crippen LogP contribution >= 0.6 is 0 Å². The smallest absolute Gasteiger partial charge is 0.338 e. The van der Waals surface area contributed by atoms with E-state index in [9.17, 15) is 14.4 Å². The van der Waals surface area contributed by atoms with E-state index in [-0.39, 0.29) is 23.6 Å². The second-order valence-corrected chi connectivity index (χ2v) is 7.10. The first-order chi connectivity index (χ1) is 14.0. The molecular formula is C22H21N3O4. The van der Waals surface area contributed by atoms with Crippen molar-refractivity contribution in [2.45, 2.75) is 32.9 Å². The van der Waals surface area contributed by atoms with Crippen molar-refractivity contribution in [3.8, 4) is 0 Å². The van der Waals surface area contributed by atoms with Gasteiger partial charge < -0.3 is 10.1 Å². The lowest BCUT2D eigenvalue weighted by molar-refractivity contribution is -0.124. The minimum Gasteiger partial charge on any atom is -0.452 e. The van der Waals surface area contributed by atoms with Crippen LogP contribution in [0.2, 0.25) is 0 Å². The quantitative estimate of drug-likeness (QED) is 0.673. The molecule has 1 aliphatic rings. The lowest BCUT2D eigenvalue weighted by Gasteiger charge is -2.09. The SMILES string of the molecule is Cc1ccccc1CNC(=O)COC(=O)c1ccc2c(=O)n3c(nc2c1)CCC3. The van der Waals surface area contributed by atoms with E-state index < -0.39 is 5.97 Å². The van der Waals surface area contributed by atoms with E-state index in [1.807, 2.05) is 31.2 Å². The zero-order valence-electron chi connectivity index (χ0n) is 16.1. The number of rotatable bonds is 5. The Morgan fingerprint density at radius 3 is 2.86 bits per heavy atom. The molecule has 0 aliphatic carbocycles. The number of ether oxygens (including phenoxy) is 1. The van der Waals surface area contributed by atoms with Gasteiger partial charge in [-0.3, -0.25) is 14.2 Å². The van der Waals surface area contributed by atoms with Gasteiger partial charge >= 0.3 is 5.97 Å². The van der Waals surface area contributed by atoms with Gasteiger partial charge in [0.05, 0.1) is 16.5 Å². The summed E-state index contributed by atoms with van der Waals surface area (Å²) in [6, 6.07) is 12.4. The molecule has 3 aromatic rings. The van der Waals surface area contributed by atoms with Crippen molar-refractivity contribution < 1.29 is 14.3 Å². The predicted molar refractivity (Wildman–Crippen MR) is 108 cm³/mol. The van der Waals surface area contributed by atoms with Gasteiger partial charge in [0.1, 0.15) is 5.82 Å². The predicted octanol–water partition coefficient (Wildman–Crippen LogP) is 2.12. The van der Waals surface area contributed by atoms with Gasteiger partial charge in [0.15, 0.2) is 6.61 Å². The standard InChI is InChI=1S/C22H21N3O4/c1-14-5-2-3-6-16(14)12-23-20(26)13-29-22(28)15-8-9-17-18(11-15)24-19-7-4-10-25(19)21(17)27/h2-3,5-6,8-9,11H,4,7,10,12-13H2,1H3,(H,23,26). The summed E-state index contributed by atoms with van der Waals surface area (Å²) in [5.74, 6) is -0.263. The average molecular weight is 391 g/mol. The first-order valence-corrected chi connectivity index (χ1v) is 9.55. The van der Waals surface area contributed by atoms with E-state index >= 15 is 0 Å². The van der Waals surface area contributed by atoms with Crippen molar-refractivity contribution in [3.63, 3.8) is 0 Å². The van der Waals surface area contributed by atoms with Gasteiger partial charge in [-0.1, -0.05) is 24.3 Å². The van der Waals surface area contributed by atoms with E-state index in [0.717, 1.165) is 29.8 Å². The molecule has 1 N–H and O–H groups in total. The Morgan fingerprint density at radius 1 is 1.21 bits per heavy atom. The highest BCUT2D eigenvalue weighted by Crippen LogP contribution is 2.16. The van der Waals surface area contributed by atoms with Crippen LogP contribution in [0.5, 0.6) is 0 Å². The van der Waals surface area contributed by atoms with Crippen LogP contribution in [0.15, 0.2) is 47.3 Å². The summed E-state index contributed by atoms with van der Waals surface area (Å²) >= 11 is 0. The van der Waals surface area contributed by atoms with Crippen molar-refractivity contribution in [1.82, 2.24) is 14.9 Å². The van der Waals surface area contributed by atoms with Gasteiger partial charge in [0, 0.05) is 19.5 Å². The molecule has 7 nitrogen and oxygen atoms in total. The molecule has 0 radical (unpaired) electrons. The van der Waals surface area contributed by atoms with Gasteiger partial charge in [-0.15, -0.1) is 0 Å². The fourth-order valence-corrected chi connectivity index (χ4v) is 3.48. The first kappa shape index (κ1) is 18.9. The maximum absolute atomic E-state index is 12.5. The molecule has 0 saturated heterocycles. The van der Waals surface area contributed by atoms with Gasteiger partial charge in [-0.05, 0) is 42.7 Å². The molecule has 0 atom stereocenters. The van der Waals surface area contributed by atoms with Crippen LogP contribution in [-0.4, -0.2) is 28.0 Å². The molecule has 148 valence electrons. The maximum Gasteiger partial charge on any atom is 0.338 e. The number of nitrogens with one attached hydrogen (secondary N) is 1. The third-order valence-corrected chi connectivity index (χ3v) is 5.12. The van der Waals surface area contributed by atoms with E-state index in [1.165, 1.54) is 6.07 Å². The van der Waals surface area contributed by atoms with Crippen LogP contribution < -0.4 is 10.9 Å². The number of carbonyl (C=O) groups excluding carboxylic acids is 2. The van der Waals surface area contributed by atoms with E-state index in [1.54, 1.807) is 16.7 Å². The summed E-state index contributed by atoms with van der Waals surface area (Å²) in [5, 5.41) is 3.21. The minimum absolute atomic E-state index is 0.0852. The molecule has 2 heterocycles. The molecule has 29 heavy (non-hydrogen) atoms. The second-order valence-electron chi connectivity index (χ2n) is 7.10. The number of aryl methyl sites for hydroxylation is 2. The lowest BCUT2D eigenvalue weighted by atomic mass is 10.1. The number of benzene rings is 2. The van der Waals surface area contributed by atoms with Gasteiger partial charge in [-0.25, -0.2) is 9.78 Å². The summed E-state index contributed by atoms with van der Waals surface area (Å²) < 4.78 is 6.80. The molecule has 7 heteroatoms. The fourth-order valence-electron chi connectivity index (χ4n) is 3.48. The second kappa shape index (κ2) is 7.87. The molecule has 1 aliphatic heterocycles. The summed E-state index contributed by atoms with van der Waals surface area (Å²) in [5.41, 5.74) is 2.74. The van der Waals surface area contributed by atoms with Crippen molar-refractivity contribution in [1.29, 1.82) is 0 Å². The lowest BCUT2D eigenvalue weighted by Crippen LogP contribution is -2.28. The van der Waals surface area contributed by atoms with Gasteiger partial charge in [0.25, 0.3) is 11.5 Å². The molecule has 4 rings (SSSR count). The van der Waals surface area contributed by atoms with Crippen molar-refractivity contribution in [3.05, 3.63) is 75.3 Å². The highest BCUT2D eigenvalue weighted by atomic mass is 16.5. The molecule has 0 bridgehead atoms. The Hall–Kier alpha value is -3.48. The van der Waals surface area contributed by atoms with Crippen molar-refractivity contribution in [2.24, 2.45) is 0 Å². The molecule has 0 saturated carbocycles. The molecule has 2 aromatic carbocycles. The number of hydrogen-bond donors (Lipinski definition) is 1. The van der Waals surface area contributed by atoms with Crippen LogP contribution in [0.25, 0.3) is 10.9 Å². The number of fused-ring (bicyclic) bond motifs is 2. The zero-order chi connectivity index (χ0) is 20.4. The number of carbonyl (C=O) groups is 2. The molecule has 1 aromatic heterocycles. The van der Waals surface area contributed by atoms with E-state index in [0.29, 0.717) is 24.0 Å². The summed E-state index contributed by atoms with van der Waals surface area (Å²) in [4.78, 5) is 41.3. The Labute approximate surface area is 167 Å². The first-order valence-electron chi connectivity index (χ1n) is 9.55. The minimum atomic E-state index is -0.625. The highest BCUT2D eigenvalue weighted by molar-refractivity contribution is 5.95. The number of esters is 1. The van der Waals surface area contributed by atoms with Crippen LogP contribution in [0.4, 0.5) is 0 Å². The van der Waals surface area contributed by atoms with Gasteiger partial charge in [-0.2, -0.15) is 0 Å². The monoisotopic (exact) mass is 391 g/mol. The number of amides is 1. The Bertz CT molecular complexity index is 1170.